The van der Waals surface area contributed by atoms with E-state index in [1.54, 1.807) is 12.1 Å². The molecule has 5 heteroatoms. The highest BCUT2D eigenvalue weighted by molar-refractivity contribution is 6.40. The summed E-state index contributed by atoms with van der Waals surface area (Å²) in [6.45, 7) is 0. The zero-order valence-corrected chi connectivity index (χ0v) is 9.80. The molecular weight excluding hydrogens is 247 g/mol. The van der Waals surface area contributed by atoms with Crippen LogP contribution in [0.3, 0.4) is 0 Å². The number of halogens is 2. The van der Waals surface area contributed by atoms with Crippen molar-refractivity contribution < 1.29 is 4.74 Å². The molecule has 0 bridgehead atoms. The molecule has 0 saturated heterocycles. The number of nitriles is 1. The number of fused-ring (bicyclic) bond motifs is 1. The lowest BCUT2D eigenvalue weighted by atomic mass is 10.1. The molecule has 0 aliphatic carbocycles. The molecule has 0 N–H and O–H groups in total. The number of benzene rings is 1. The highest BCUT2D eigenvalue weighted by atomic mass is 35.5. The molecule has 0 radical (unpaired) electrons. The molecule has 0 fully saturated rings. The van der Waals surface area contributed by atoms with Gasteiger partial charge in [0.05, 0.1) is 33.6 Å². The van der Waals surface area contributed by atoms with E-state index in [2.05, 4.69) is 4.98 Å². The van der Waals surface area contributed by atoms with E-state index in [9.17, 15) is 0 Å². The average Bonchev–Trinajstić information content (AvgIpc) is 2.31. The van der Waals surface area contributed by atoms with Crippen molar-refractivity contribution in [2.75, 3.05) is 7.11 Å². The monoisotopic (exact) mass is 252 g/mol. The summed E-state index contributed by atoms with van der Waals surface area (Å²) in [6.07, 6.45) is 1.40. The number of rotatable bonds is 1. The van der Waals surface area contributed by atoms with Crippen LogP contribution in [0.15, 0.2) is 18.3 Å². The van der Waals surface area contributed by atoms with E-state index in [0.717, 1.165) is 0 Å². The third-order valence-electron chi connectivity index (χ3n) is 2.21. The molecule has 0 saturated carbocycles. The molecule has 1 heterocycles. The highest BCUT2D eigenvalue weighted by Crippen LogP contribution is 2.36. The van der Waals surface area contributed by atoms with Gasteiger partial charge in [0.15, 0.2) is 0 Å². The molecule has 1 aromatic heterocycles. The summed E-state index contributed by atoms with van der Waals surface area (Å²) in [4.78, 5) is 4.10. The molecule has 0 aliphatic heterocycles. The Morgan fingerprint density at radius 3 is 2.75 bits per heavy atom. The number of pyridine rings is 1. The smallest absolute Gasteiger partial charge is 0.129 e. The Morgan fingerprint density at radius 2 is 2.12 bits per heavy atom. The van der Waals surface area contributed by atoms with Crippen LogP contribution in [0.4, 0.5) is 0 Å². The van der Waals surface area contributed by atoms with E-state index in [1.807, 2.05) is 6.07 Å². The van der Waals surface area contributed by atoms with Crippen LogP contribution in [0.2, 0.25) is 10.0 Å². The van der Waals surface area contributed by atoms with Gasteiger partial charge in [-0.25, -0.2) is 0 Å². The number of hydrogen-bond donors (Lipinski definition) is 0. The summed E-state index contributed by atoms with van der Waals surface area (Å²) in [5.74, 6) is 0.550. The molecule has 0 amide bonds. The van der Waals surface area contributed by atoms with Gasteiger partial charge < -0.3 is 4.74 Å². The number of aromatic nitrogens is 1. The molecule has 1 aromatic carbocycles. The molecule has 0 atom stereocenters. The first kappa shape index (κ1) is 11.0. The Bertz CT molecular complexity index is 605. The van der Waals surface area contributed by atoms with Crippen LogP contribution < -0.4 is 4.74 Å². The normalized spacial score (nSPS) is 10.1. The van der Waals surface area contributed by atoms with Crippen molar-refractivity contribution in [3.63, 3.8) is 0 Å². The van der Waals surface area contributed by atoms with Crippen molar-refractivity contribution in [3.05, 3.63) is 33.9 Å². The Morgan fingerprint density at radius 1 is 1.38 bits per heavy atom. The van der Waals surface area contributed by atoms with E-state index >= 15 is 0 Å². The topological polar surface area (TPSA) is 45.9 Å². The van der Waals surface area contributed by atoms with Crippen LogP contribution >= 0.6 is 23.2 Å². The quantitative estimate of drug-likeness (QED) is 0.782. The molecule has 0 spiro atoms. The first-order valence-corrected chi connectivity index (χ1v) is 5.15. The summed E-state index contributed by atoms with van der Waals surface area (Å²) in [5, 5.41) is 10.2. The minimum Gasteiger partial charge on any atom is -0.496 e. The second-order valence-corrected chi connectivity index (χ2v) is 3.86. The molecule has 0 aliphatic rings. The molecule has 3 nitrogen and oxygen atoms in total. The minimum atomic E-state index is 0.301. The Kier molecular flexibility index (Phi) is 2.86. The lowest BCUT2D eigenvalue weighted by Crippen LogP contribution is -1.91. The van der Waals surface area contributed by atoms with E-state index in [4.69, 9.17) is 33.2 Å². The van der Waals surface area contributed by atoms with E-state index in [-0.39, 0.29) is 0 Å². The molecule has 0 unspecified atom stereocenters. The summed E-state index contributed by atoms with van der Waals surface area (Å²) >= 11 is 12.1. The first-order chi connectivity index (χ1) is 7.69. The Balaban J connectivity index is 2.96. The fraction of sp³-hybridized carbons (Fsp3) is 0.0909. The number of ether oxygens (including phenoxy) is 1. The van der Waals surface area contributed by atoms with Crippen molar-refractivity contribution in [2.24, 2.45) is 0 Å². The van der Waals surface area contributed by atoms with Crippen LogP contribution in [0.1, 0.15) is 5.56 Å². The average molecular weight is 253 g/mol. The lowest BCUT2D eigenvalue weighted by Gasteiger charge is -2.08. The van der Waals surface area contributed by atoms with Crippen molar-refractivity contribution >= 4 is 34.1 Å². The number of methoxy groups -OCH3 is 1. The van der Waals surface area contributed by atoms with Crippen molar-refractivity contribution in [1.82, 2.24) is 4.98 Å². The van der Waals surface area contributed by atoms with Crippen molar-refractivity contribution in [1.29, 1.82) is 5.26 Å². The summed E-state index contributed by atoms with van der Waals surface area (Å²) in [6, 6.07) is 5.34. The van der Waals surface area contributed by atoms with Gasteiger partial charge >= 0.3 is 0 Å². The van der Waals surface area contributed by atoms with Gasteiger partial charge in [-0.3, -0.25) is 4.98 Å². The molecule has 80 valence electrons. The van der Waals surface area contributed by atoms with Crippen molar-refractivity contribution in [3.8, 4) is 11.8 Å². The maximum absolute atomic E-state index is 8.86. The largest absolute Gasteiger partial charge is 0.496 e. The highest BCUT2D eigenvalue weighted by Gasteiger charge is 2.13. The second-order valence-electron chi connectivity index (χ2n) is 3.07. The lowest BCUT2D eigenvalue weighted by molar-refractivity contribution is 0.420. The first-order valence-electron chi connectivity index (χ1n) is 4.40. The Hall–Kier alpha value is -1.50. The molecule has 16 heavy (non-hydrogen) atoms. The Labute approximate surface area is 102 Å². The van der Waals surface area contributed by atoms with Gasteiger partial charge in [0, 0.05) is 6.20 Å². The maximum atomic E-state index is 8.86. The zero-order valence-electron chi connectivity index (χ0n) is 8.29. The predicted octanol–water partition coefficient (Wildman–Crippen LogP) is 3.42. The summed E-state index contributed by atoms with van der Waals surface area (Å²) < 4.78 is 5.17. The van der Waals surface area contributed by atoms with Crippen LogP contribution in [-0.4, -0.2) is 12.1 Å². The fourth-order valence-electron chi connectivity index (χ4n) is 1.45. The van der Waals surface area contributed by atoms with Crippen LogP contribution in [0, 0.1) is 11.3 Å². The van der Waals surface area contributed by atoms with Gasteiger partial charge in [-0.2, -0.15) is 5.26 Å². The van der Waals surface area contributed by atoms with E-state index in [1.165, 1.54) is 13.3 Å². The van der Waals surface area contributed by atoms with Crippen LogP contribution in [0.25, 0.3) is 10.9 Å². The number of nitrogens with zero attached hydrogens (tertiary/aromatic N) is 2. The van der Waals surface area contributed by atoms with Gasteiger partial charge in [0.2, 0.25) is 0 Å². The molecule has 2 rings (SSSR count). The molecular formula is C11H6Cl2N2O. The number of hydrogen-bond acceptors (Lipinski definition) is 3. The predicted molar refractivity (Wildman–Crippen MR) is 63.0 cm³/mol. The van der Waals surface area contributed by atoms with Crippen LogP contribution in [0.5, 0.6) is 5.75 Å². The SMILES string of the molecule is COc1ccc(Cl)c2ncc(C#N)c(Cl)c12. The standard InChI is InChI=1S/C11H6Cl2N2O/c1-16-8-3-2-7(12)11-9(8)10(13)6(4-14)5-15-11/h2-3,5H,1H3. The van der Waals surface area contributed by atoms with Gasteiger partial charge in [-0.05, 0) is 12.1 Å². The maximum Gasteiger partial charge on any atom is 0.129 e. The van der Waals surface area contributed by atoms with Gasteiger partial charge in [-0.1, -0.05) is 23.2 Å². The van der Waals surface area contributed by atoms with Gasteiger partial charge in [-0.15, -0.1) is 0 Å². The summed E-state index contributed by atoms with van der Waals surface area (Å²) in [5.41, 5.74) is 0.833. The molecule has 2 aromatic rings. The third kappa shape index (κ3) is 1.57. The van der Waals surface area contributed by atoms with Gasteiger partial charge in [0.1, 0.15) is 11.8 Å². The van der Waals surface area contributed by atoms with E-state index in [0.29, 0.717) is 32.3 Å². The van der Waals surface area contributed by atoms with E-state index < -0.39 is 0 Å². The minimum absolute atomic E-state index is 0.301. The van der Waals surface area contributed by atoms with Crippen LogP contribution in [-0.2, 0) is 0 Å². The third-order valence-corrected chi connectivity index (χ3v) is 2.91. The van der Waals surface area contributed by atoms with Crippen molar-refractivity contribution in [2.45, 2.75) is 0 Å². The summed E-state index contributed by atoms with van der Waals surface area (Å²) in [7, 11) is 1.53. The zero-order chi connectivity index (χ0) is 11.7. The van der Waals surface area contributed by atoms with Gasteiger partial charge in [0.25, 0.3) is 0 Å². The second kappa shape index (κ2) is 4.17. The fourth-order valence-corrected chi connectivity index (χ4v) is 1.93.